The molecule has 0 saturated heterocycles. The van der Waals surface area contributed by atoms with Gasteiger partial charge in [0.15, 0.2) is 0 Å². The number of carbonyl (C=O) groups excluding carboxylic acids is 2. The maximum absolute atomic E-state index is 11.5. The van der Waals surface area contributed by atoms with Gasteiger partial charge in [-0.15, -0.1) is 0 Å². The summed E-state index contributed by atoms with van der Waals surface area (Å²) in [7, 11) is 0. The summed E-state index contributed by atoms with van der Waals surface area (Å²) in [4.78, 5) is 25.1. The van der Waals surface area contributed by atoms with Crippen LogP contribution < -0.4 is 0 Å². The highest BCUT2D eigenvalue weighted by Gasteiger charge is 2.24. The highest BCUT2D eigenvalue weighted by atomic mass is 16.1. The van der Waals surface area contributed by atoms with E-state index in [1.54, 1.807) is 0 Å². The van der Waals surface area contributed by atoms with E-state index in [1.807, 2.05) is 30.3 Å². The number of carbonyl (C=O) groups is 2. The first kappa shape index (κ1) is 12.0. The zero-order chi connectivity index (χ0) is 12.0. The van der Waals surface area contributed by atoms with E-state index in [9.17, 15) is 9.59 Å². The van der Waals surface area contributed by atoms with Gasteiger partial charge in [0.1, 0.15) is 0 Å². The predicted molar refractivity (Wildman–Crippen MR) is 59.1 cm³/mol. The van der Waals surface area contributed by atoms with Crippen molar-refractivity contribution in [3.8, 4) is 0 Å². The topological polar surface area (TPSA) is 70.5 Å². The fourth-order valence-electron chi connectivity index (χ4n) is 1.34. The number of benzene rings is 1. The molecule has 0 aromatic heterocycles. The van der Waals surface area contributed by atoms with E-state index in [4.69, 9.17) is 5.53 Å². The summed E-state index contributed by atoms with van der Waals surface area (Å²) in [6.07, 6.45) is 0.703. The smallest absolute Gasteiger partial charge is 0.360 e. The molecule has 0 atom stereocenters. The van der Waals surface area contributed by atoms with Gasteiger partial charge in [-0.1, -0.05) is 30.3 Å². The van der Waals surface area contributed by atoms with Gasteiger partial charge in [0.25, 0.3) is 0 Å². The zero-order valence-electron chi connectivity index (χ0n) is 9.01. The molecule has 0 radical (unpaired) electrons. The van der Waals surface area contributed by atoms with Crippen LogP contribution in [0.3, 0.4) is 0 Å². The molecule has 0 bridgehead atoms. The molecule has 1 aromatic carbocycles. The van der Waals surface area contributed by atoms with Crippen molar-refractivity contribution < 1.29 is 14.4 Å². The van der Waals surface area contributed by atoms with Crippen molar-refractivity contribution in [3.05, 3.63) is 41.4 Å². The third-order valence-corrected chi connectivity index (χ3v) is 2.18. The van der Waals surface area contributed by atoms with Gasteiger partial charge in [0.2, 0.25) is 11.6 Å². The Morgan fingerprint density at radius 1 is 1.25 bits per heavy atom. The number of ketones is 2. The van der Waals surface area contributed by atoms with E-state index in [0.29, 0.717) is 6.42 Å². The molecule has 0 N–H and O–H groups in total. The molecule has 1 rings (SSSR count). The van der Waals surface area contributed by atoms with Gasteiger partial charge in [-0.25, -0.2) is 0 Å². The van der Waals surface area contributed by atoms with E-state index in [0.717, 1.165) is 5.56 Å². The number of nitrogens with zero attached hydrogens (tertiary/aromatic N) is 2. The first-order valence-corrected chi connectivity index (χ1v) is 4.95. The van der Waals surface area contributed by atoms with E-state index in [-0.39, 0.29) is 12.1 Å². The van der Waals surface area contributed by atoms with Crippen LogP contribution >= 0.6 is 0 Å². The molecule has 82 valence electrons. The van der Waals surface area contributed by atoms with Gasteiger partial charge in [-0.3, -0.25) is 9.59 Å². The summed E-state index contributed by atoms with van der Waals surface area (Å²) in [6.45, 7) is 1.20. The molecule has 1 aromatic rings. The molecule has 4 heteroatoms. The lowest BCUT2D eigenvalue weighted by Crippen LogP contribution is -2.23. The van der Waals surface area contributed by atoms with E-state index < -0.39 is 11.6 Å². The molecule has 0 amide bonds. The Bertz CT molecular complexity index is 445. The van der Waals surface area contributed by atoms with E-state index >= 15 is 0 Å². The highest BCUT2D eigenvalue weighted by molar-refractivity contribution is 6.63. The third-order valence-electron chi connectivity index (χ3n) is 2.18. The van der Waals surface area contributed by atoms with Crippen LogP contribution in [0.5, 0.6) is 0 Å². The van der Waals surface area contributed by atoms with E-state index in [1.165, 1.54) is 6.92 Å². The Labute approximate surface area is 93.5 Å². The quantitative estimate of drug-likeness (QED) is 0.323. The molecule has 0 aliphatic heterocycles. The standard InChI is InChI=1S/C12H12N2O2/c1-9(15)12(14-13)11(16)8-7-10-5-3-2-4-6-10/h2-6H,7-8H2,1H3. The summed E-state index contributed by atoms with van der Waals surface area (Å²) >= 11 is 0. The van der Waals surface area contributed by atoms with Crippen molar-refractivity contribution in [2.75, 3.05) is 0 Å². The van der Waals surface area contributed by atoms with Crippen LogP contribution in [0.1, 0.15) is 18.9 Å². The molecule has 0 fully saturated rings. The van der Waals surface area contributed by atoms with Crippen LogP contribution in [-0.4, -0.2) is 22.1 Å². The molecule has 0 heterocycles. The second-order valence-electron chi connectivity index (χ2n) is 3.41. The minimum atomic E-state index is -0.513. The maximum atomic E-state index is 11.5. The predicted octanol–water partition coefficient (Wildman–Crippen LogP) is 1.45. The molecule has 4 nitrogen and oxygen atoms in total. The average Bonchev–Trinajstić information content (AvgIpc) is 2.28. The lowest BCUT2D eigenvalue weighted by Gasteiger charge is -1.97. The van der Waals surface area contributed by atoms with Crippen molar-refractivity contribution in [1.82, 2.24) is 0 Å². The van der Waals surface area contributed by atoms with Crippen molar-refractivity contribution in [3.63, 3.8) is 0 Å². The molecule has 0 aliphatic carbocycles. The Kier molecular flexibility index (Phi) is 4.30. The third kappa shape index (κ3) is 3.26. The highest BCUT2D eigenvalue weighted by Crippen LogP contribution is 2.03. The maximum Gasteiger partial charge on any atom is 0.399 e. The van der Waals surface area contributed by atoms with Crippen LogP contribution in [0, 0.1) is 0 Å². The second-order valence-corrected chi connectivity index (χ2v) is 3.41. The summed E-state index contributed by atoms with van der Waals surface area (Å²) in [5, 5.41) is 0. The van der Waals surface area contributed by atoms with Crippen LogP contribution in [-0.2, 0) is 16.0 Å². The first-order chi connectivity index (χ1) is 7.65. The molecule has 0 saturated carbocycles. The van der Waals surface area contributed by atoms with Crippen LogP contribution in [0.25, 0.3) is 5.53 Å². The largest absolute Gasteiger partial charge is 0.399 e. The normalized spacial score (nSPS) is 9.31. The summed E-state index contributed by atoms with van der Waals surface area (Å²) in [6, 6.07) is 9.45. The van der Waals surface area contributed by atoms with Gasteiger partial charge < -0.3 is 5.53 Å². The summed E-state index contributed by atoms with van der Waals surface area (Å²) in [5.74, 6) is -0.945. The monoisotopic (exact) mass is 216 g/mol. The van der Waals surface area contributed by atoms with Crippen LogP contribution in [0.15, 0.2) is 30.3 Å². The Hall–Kier alpha value is -2.06. The molecule has 0 aliphatic rings. The summed E-state index contributed by atoms with van der Waals surface area (Å²) in [5.41, 5.74) is 9.14. The second kappa shape index (κ2) is 5.73. The fraction of sp³-hybridized carbons (Fsp3) is 0.250. The first-order valence-electron chi connectivity index (χ1n) is 4.95. The van der Waals surface area contributed by atoms with Gasteiger partial charge in [-0.05, 0) is 12.0 Å². The average molecular weight is 216 g/mol. The molecule has 16 heavy (non-hydrogen) atoms. The Balaban J connectivity index is 2.60. The van der Waals surface area contributed by atoms with Crippen molar-refractivity contribution >= 4 is 17.3 Å². The van der Waals surface area contributed by atoms with Gasteiger partial charge in [0, 0.05) is 13.3 Å². The Morgan fingerprint density at radius 2 is 1.88 bits per heavy atom. The minimum Gasteiger partial charge on any atom is -0.360 e. The lowest BCUT2D eigenvalue weighted by atomic mass is 10.0. The van der Waals surface area contributed by atoms with Crippen molar-refractivity contribution in [1.29, 1.82) is 0 Å². The number of rotatable bonds is 5. The zero-order valence-corrected chi connectivity index (χ0v) is 9.01. The Morgan fingerprint density at radius 3 is 2.38 bits per heavy atom. The molecule has 0 spiro atoms. The lowest BCUT2D eigenvalue weighted by molar-refractivity contribution is -0.123. The number of Topliss-reactive ketones (excluding diaryl/α,β-unsaturated/α-hetero) is 2. The number of hydrogen-bond acceptors (Lipinski definition) is 2. The molecule has 0 unspecified atom stereocenters. The van der Waals surface area contributed by atoms with Gasteiger partial charge >= 0.3 is 5.71 Å². The summed E-state index contributed by atoms with van der Waals surface area (Å²) < 4.78 is 0. The van der Waals surface area contributed by atoms with Crippen molar-refractivity contribution in [2.24, 2.45) is 0 Å². The van der Waals surface area contributed by atoms with Gasteiger partial charge in [-0.2, -0.15) is 4.79 Å². The van der Waals surface area contributed by atoms with Crippen LogP contribution in [0.4, 0.5) is 0 Å². The SMILES string of the molecule is CC(=O)C(=[N+]=[N-])C(=O)CCc1ccccc1. The van der Waals surface area contributed by atoms with Gasteiger partial charge in [0.05, 0.1) is 0 Å². The fourth-order valence-corrected chi connectivity index (χ4v) is 1.34. The van der Waals surface area contributed by atoms with Crippen LogP contribution in [0.2, 0.25) is 0 Å². The molecular formula is C12H12N2O2. The van der Waals surface area contributed by atoms with E-state index in [2.05, 4.69) is 4.79 Å². The minimum absolute atomic E-state index is 0.170. The number of hydrogen-bond donors (Lipinski definition) is 0. The number of aryl methyl sites for hydroxylation is 1. The van der Waals surface area contributed by atoms with Crippen molar-refractivity contribution in [2.45, 2.75) is 19.8 Å². The molecular weight excluding hydrogens is 204 g/mol.